The standard InChI is InChI=1S/C26H25FN6O3/c27-20-13-19-17(14-33(26(19)36)21-5-6-23(34)30-25(21)35)12-22(20)32-10-8-31(9-11-32)15-18-4-3-16-2-1-7-28-24(16)29-18/h1-4,7,12-13,21H,5-6,8-11,14-15H2,(H,30,34,35). The number of hydrogen-bond acceptors (Lipinski definition) is 7. The lowest BCUT2D eigenvalue weighted by Gasteiger charge is -2.36. The van der Waals surface area contributed by atoms with Crippen LogP contribution in [0.4, 0.5) is 10.1 Å². The zero-order valence-electron chi connectivity index (χ0n) is 19.6. The van der Waals surface area contributed by atoms with Crippen molar-refractivity contribution in [3.63, 3.8) is 0 Å². The molecule has 0 aliphatic carbocycles. The van der Waals surface area contributed by atoms with Crippen molar-refractivity contribution in [3.05, 3.63) is 65.2 Å². The average molecular weight is 489 g/mol. The molecule has 36 heavy (non-hydrogen) atoms. The predicted octanol–water partition coefficient (Wildman–Crippen LogP) is 1.85. The van der Waals surface area contributed by atoms with Crippen LogP contribution in [0.5, 0.6) is 0 Å². The number of carbonyl (C=O) groups excluding carboxylic acids is 3. The lowest BCUT2D eigenvalue weighted by Crippen LogP contribution is -2.52. The number of carbonyl (C=O) groups is 3. The molecule has 10 heteroatoms. The highest BCUT2D eigenvalue weighted by Gasteiger charge is 2.40. The first-order valence-corrected chi connectivity index (χ1v) is 12.1. The number of fused-ring (bicyclic) bond motifs is 2. The van der Waals surface area contributed by atoms with Crippen molar-refractivity contribution in [3.8, 4) is 0 Å². The van der Waals surface area contributed by atoms with E-state index in [2.05, 4.69) is 20.2 Å². The van der Waals surface area contributed by atoms with E-state index in [4.69, 9.17) is 0 Å². The van der Waals surface area contributed by atoms with Gasteiger partial charge in [-0.2, -0.15) is 0 Å². The maximum Gasteiger partial charge on any atom is 0.255 e. The molecule has 1 N–H and O–H groups in total. The maximum absolute atomic E-state index is 15.1. The first kappa shape index (κ1) is 22.5. The highest BCUT2D eigenvalue weighted by molar-refractivity contribution is 6.05. The molecule has 0 spiro atoms. The molecular formula is C26H25FN6O3. The highest BCUT2D eigenvalue weighted by atomic mass is 19.1. The summed E-state index contributed by atoms with van der Waals surface area (Å²) >= 11 is 0. The van der Waals surface area contributed by atoms with Crippen LogP contribution in [0, 0.1) is 5.82 Å². The van der Waals surface area contributed by atoms with Gasteiger partial charge in [-0.1, -0.05) is 0 Å². The van der Waals surface area contributed by atoms with Gasteiger partial charge in [0.05, 0.1) is 11.4 Å². The smallest absolute Gasteiger partial charge is 0.255 e. The topological polar surface area (TPSA) is 98.7 Å². The van der Waals surface area contributed by atoms with Gasteiger partial charge < -0.3 is 9.80 Å². The van der Waals surface area contributed by atoms with Crippen LogP contribution in [0.25, 0.3) is 11.0 Å². The van der Waals surface area contributed by atoms with Gasteiger partial charge in [0.15, 0.2) is 5.65 Å². The van der Waals surface area contributed by atoms with E-state index in [0.717, 1.165) is 29.8 Å². The van der Waals surface area contributed by atoms with Gasteiger partial charge in [-0.05, 0) is 48.4 Å². The second-order valence-corrected chi connectivity index (χ2v) is 9.48. The van der Waals surface area contributed by atoms with Crippen LogP contribution in [-0.4, -0.2) is 69.7 Å². The Morgan fingerprint density at radius 3 is 2.69 bits per heavy atom. The molecule has 0 bridgehead atoms. The molecule has 3 aliphatic rings. The van der Waals surface area contributed by atoms with Crippen LogP contribution >= 0.6 is 0 Å². The normalized spacial score (nSPS) is 20.7. The molecule has 3 amide bonds. The molecule has 2 saturated heterocycles. The molecule has 1 aromatic carbocycles. The van der Waals surface area contributed by atoms with Crippen LogP contribution in [0.3, 0.4) is 0 Å². The Morgan fingerprint density at radius 2 is 1.89 bits per heavy atom. The van der Waals surface area contributed by atoms with Gasteiger partial charge in [-0.15, -0.1) is 0 Å². The lowest BCUT2D eigenvalue weighted by atomic mass is 10.0. The third-order valence-corrected chi connectivity index (χ3v) is 7.21. The number of aromatic nitrogens is 2. The summed E-state index contributed by atoms with van der Waals surface area (Å²) in [5.74, 6) is -1.61. The second kappa shape index (κ2) is 8.94. The van der Waals surface area contributed by atoms with E-state index in [1.54, 1.807) is 12.3 Å². The third kappa shape index (κ3) is 4.07. The number of nitrogens with one attached hydrogen (secondary N) is 1. The molecule has 0 saturated carbocycles. The minimum Gasteiger partial charge on any atom is -0.367 e. The monoisotopic (exact) mass is 488 g/mol. The summed E-state index contributed by atoms with van der Waals surface area (Å²) in [7, 11) is 0. The van der Waals surface area contributed by atoms with Gasteiger partial charge in [-0.25, -0.2) is 14.4 Å². The number of benzene rings is 1. The van der Waals surface area contributed by atoms with Crippen molar-refractivity contribution in [2.45, 2.75) is 32.0 Å². The number of imide groups is 1. The summed E-state index contributed by atoms with van der Waals surface area (Å²) in [6, 6.07) is 10.2. The number of piperazine rings is 1. The molecule has 3 aromatic rings. The predicted molar refractivity (Wildman–Crippen MR) is 129 cm³/mol. The van der Waals surface area contributed by atoms with Gasteiger partial charge in [0, 0.05) is 62.8 Å². The fourth-order valence-electron chi connectivity index (χ4n) is 5.27. The molecule has 2 aromatic heterocycles. The Hall–Kier alpha value is -3.92. The van der Waals surface area contributed by atoms with Crippen molar-refractivity contribution in [1.29, 1.82) is 0 Å². The largest absolute Gasteiger partial charge is 0.367 e. The summed E-state index contributed by atoms with van der Waals surface area (Å²) in [5, 5.41) is 3.30. The first-order chi connectivity index (χ1) is 17.5. The fourth-order valence-corrected chi connectivity index (χ4v) is 5.27. The van der Waals surface area contributed by atoms with Crippen LogP contribution in [0.15, 0.2) is 42.6 Å². The second-order valence-electron chi connectivity index (χ2n) is 9.48. The van der Waals surface area contributed by atoms with Gasteiger partial charge in [0.2, 0.25) is 11.8 Å². The minimum atomic E-state index is -0.712. The van der Waals surface area contributed by atoms with Crippen molar-refractivity contribution in [2.75, 3.05) is 31.1 Å². The van der Waals surface area contributed by atoms with E-state index in [1.165, 1.54) is 11.0 Å². The van der Waals surface area contributed by atoms with Gasteiger partial charge >= 0.3 is 0 Å². The highest BCUT2D eigenvalue weighted by Crippen LogP contribution is 2.33. The molecule has 3 aliphatic heterocycles. The fraction of sp³-hybridized carbons (Fsp3) is 0.346. The number of rotatable bonds is 4. The van der Waals surface area contributed by atoms with E-state index < -0.39 is 17.8 Å². The molecule has 184 valence electrons. The number of halogens is 1. The Balaban J connectivity index is 1.13. The van der Waals surface area contributed by atoms with Crippen molar-refractivity contribution in [1.82, 2.24) is 25.1 Å². The minimum absolute atomic E-state index is 0.186. The molecule has 5 heterocycles. The Labute approximate surface area is 206 Å². The maximum atomic E-state index is 15.1. The first-order valence-electron chi connectivity index (χ1n) is 12.1. The van der Waals surface area contributed by atoms with Gasteiger partial charge in [-0.3, -0.25) is 24.6 Å². The SMILES string of the molecule is O=C1CCC(N2Cc3cc(N4CCN(Cc5ccc6cccnc6n5)CC4)c(F)cc3C2=O)C(=O)N1. The van der Waals surface area contributed by atoms with Crippen molar-refractivity contribution >= 4 is 34.4 Å². The molecule has 6 rings (SSSR count). The van der Waals surface area contributed by atoms with E-state index in [-0.39, 0.29) is 36.8 Å². The number of piperidine rings is 1. The zero-order chi connectivity index (χ0) is 24.8. The third-order valence-electron chi connectivity index (χ3n) is 7.21. The number of amides is 3. The van der Waals surface area contributed by atoms with Crippen molar-refractivity contribution < 1.29 is 18.8 Å². The van der Waals surface area contributed by atoms with Gasteiger partial charge in [0.25, 0.3) is 5.91 Å². The summed E-state index contributed by atoms with van der Waals surface area (Å²) in [6.07, 6.45) is 2.20. The zero-order valence-corrected chi connectivity index (χ0v) is 19.6. The van der Waals surface area contributed by atoms with E-state index in [0.29, 0.717) is 30.9 Å². The van der Waals surface area contributed by atoms with Crippen LogP contribution in [-0.2, 0) is 22.7 Å². The quantitative estimate of drug-likeness (QED) is 0.560. The van der Waals surface area contributed by atoms with Crippen LogP contribution in [0.1, 0.15) is 34.5 Å². The van der Waals surface area contributed by atoms with Crippen molar-refractivity contribution in [2.24, 2.45) is 0 Å². The summed E-state index contributed by atoms with van der Waals surface area (Å²) in [6.45, 7) is 3.72. The van der Waals surface area contributed by atoms with E-state index in [1.807, 2.05) is 29.2 Å². The Bertz CT molecular complexity index is 1390. The molecule has 0 radical (unpaired) electrons. The summed E-state index contributed by atoms with van der Waals surface area (Å²) < 4.78 is 15.1. The van der Waals surface area contributed by atoms with Crippen LogP contribution in [0.2, 0.25) is 0 Å². The van der Waals surface area contributed by atoms with Crippen LogP contribution < -0.4 is 10.2 Å². The summed E-state index contributed by atoms with van der Waals surface area (Å²) in [4.78, 5) is 51.4. The Morgan fingerprint density at radius 1 is 1.06 bits per heavy atom. The number of nitrogens with zero attached hydrogens (tertiary/aromatic N) is 5. The summed E-state index contributed by atoms with van der Waals surface area (Å²) in [5.41, 5.74) is 3.14. The molecule has 1 atom stereocenters. The molecule has 2 fully saturated rings. The number of anilines is 1. The molecular weight excluding hydrogens is 463 g/mol. The average Bonchev–Trinajstić information content (AvgIpc) is 3.19. The Kier molecular flexibility index (Phi) is 5.60. The van der Waals surface area contributed by atoms with Gasteiger partial charge in [0.1, 0.15) is 11.9 Å². The number of hydrogen-bond donors (Lipinski definition) is 1. The lowest BCUT2D eigenvalue weighted by molar-refractivity contribution is -0.136. The molecule has 9 nitrogen and oxygen atoms in total. The molecule has 1 unspecified atom stereocenters. The van der Waals surface area contributed by atoms with E-state index in [9.17, 15) is 14.4 Å². The number of pyridine rings is 2. The van der Waals surface area contributed by atoms with E-state index >= 15 is 4.39 Å².